The van der Waals surface area contributed by atoms with E-state index < -0.39 is 23.8 Å². The van der Waals surface area contributed by atoms with Crippen molar-refractivity contribution in [1.29, 1.82) is 0 Å². The van der Waals surface area contributed by atoms with Crippen LogP contribution in [0.1, 0.15) is 66.2 Å². The maximum atomic E-state index is 13.1. The third-order valence-corrected chi connectivity index (χ3v) is 7.01. The van der Waals surface area contributed by atoms with E-state index >= 15 is 0 Å². The van der Waals surface area contributed by atoms with E-state index in [0.29, 0.717) is 29.3 Å². The Kier molecular flexibility index (Phi) is 4.61. The summed E-state index contributed by atoms with van der Waals surface area (Å²) in [5, 5.41) is 5.83. The molecule has 0 aromatic heterocycles. The van der Waals surface area contributed by atoms with E-state index in [0.717, 1.165) is 42.8 Å². The van der Waals surface area contributed by atoms with Gasteiger partial charge in [0.2, 0.25) is 11.8 Å². The molecule has 0 radical (unpaired) electrons. The summed E-state index contributed by atoms with van der Waals surface area (Å²) in [7, 11) is 0. The normalized spacial score (nSPS) is 30.7. The van der Waals surface area contributed by atoms with Crippen LogP contribution in [0.25, 0.3) is 0 Å². The first-order valence-corrected chi connectivity index (χ1v) is 10.9. The summed E-state index contributed by atoms with van der Waals surface area (Å²) < 4.78 is 0. The first-order chi connectivity index (χ1) is 14.5. The smallest absolute Gasteiger partial charge is 0.262 e. The van der Waals surface area contributed by atoms with Crippen molar-refractivity contribution in [3.63, 3.8) is 0 Å². The highest BCUT2D eigenvalue weighted by molar-refractivity contribution is 6.23. The van der Waals surface area contributed by atoms with Crippen LogP contribution in [-0.4, -0.2) is 59.2 Å². The third-order valence-electron chi connectivity index (χ3n) is 7.01. The van der Waals surface area contributed by atoms with Crippen molar-refractivity contribution in [2.75, 3.05) is 11.4 Å². The van der Waals surface area contributed by atoms with Crippen LogP contribution in [0.3, 0.4) is 0 Å². The molecular formula is C22H26N4O4. The van der Waals surface area contributed by atoms with Gasteiger partial charge in [0.1, 0.15) is 6.04 Å². The molecule has 0 spiro atoms. The van der Waals surface area contributed by atoms with Crippen LogP contribution in [0.15, 0.2) is 18.2 Å². The molecule has 30 heavy (non-hydrogen) atoms. The number of carbonyl (C=O) groups is 4. The van der Waals surface area contributed by atoms with Gasteiger partial charge in [0.05, 0.1) is 11.1 Å². The first kappa shape index (κ1) is 19.2. The molecule has 8 nitrogen and oxygen atoms in total. The van der Waals surface area contributed by atoms with Gasteiger partial charge in [-0.15, -0.1) is 0 Å². The lowest BCUT2D eigenvalue weighted by Crippen LogP contribution is -2.54. The fourth-order valence-electron chi connectivity index (χ4n) is 5.68. The zero-order chi connectivity index (χ0) is 21.0. The Bertz CT molecular complexity index is 945. The van der Waals surface area contributed by atoms with E-state index in [1.165, 1.54) is 0 Å². The minimum Gasteiger partial charge on any atom is -0.364 e. The van der Waals surface area contributed by atoms with Gasteiger partial charge < -0.3 is 10.2 Å². The van der Waals surface area contributed by atoms with Crippen molar-refractivity contribution >= 4 is 29.3 Å². The van der Waals surface area contributed by atoms with Crippen LogP contribution < -0.4 is 15.5 Å². The van der Waals surface area contributed by atoms with E-state index in [-0.39, 0.29) is 18.7 Å². The maximum absolute atomic E-state index is 13.1. The molecule has 1 aromatic rings. The number of rotatable bonds is 4. The topological polar surface area (TPSA) is 98.8 Å². The fraction of sp³-hybridized carbons (Fsp3) is 0.545. The number of imide groups is 2. The third kappa shape index (κ3) is 2.85. The molecule has 1 aromatic carbocycles. The van der Waals surface area contributed by atoms with E-state index in [1.54, 1.807) is 6.07 Å². The molecule has 4 aliphatic rings. The van der Waals surface area contributed by atoms with Gasteiger partial charge in [-0.3, -0.25) is 29.4 Å². The molecule has 3 saturated heterocycles. The minimum absolute atomic E-state index is 0.123. The van der Waals surface area contributed by atoms with Gasteiger partial charge in [-0.2, -0.15) is 0 Å². The van der Waals surface area contributed by atoms with Crippen molar-refractivity contribution < 1.29 is 19.2 Å². The lowest BCUT2D eigenvalue weighted by Gasteiger charge is -2.42. The lowest BCUT2D eigenvalue weighted by atomic mass is 9.95. The highest BCUT2D eigenvalue weighted by Crippen LogP contribution is 2.41. The number of hydrogen-bond donors (Lipinski definition) is 2. The molecule has 5 rings (SSSR count). The number of nitrogens with one attached hydrogen (secondary N) is 2. The van der Waals surface area contributed by atoms with Gasteiger partial charge in [0, 0.05) is 30.2 Å². The summed E-state index contributed by atoms with van der Waals surface area (Å²) >= 11 is 0. The molecule has 158 valence electrons. The molecule has 8 heteroatoms. The number of benzene rings is 1. The van der Waals surface area contributed by atoms with E-state index in [1.807, 2.05) is 12.1 Å². The minimum atomic E-state index is -0.928. The fourth-order valence-corrected chi connectivity index (χ4v) is 5.68. The van der Waals surface area contributed by atoms with Crippen LogP contribution in [-0.2, 0) is 9.59 Å². The molecule has 4 heterocycles. The standard InChI is InChI=1S/C22H26N4O4/c1-2-23-16-7-4-12-5-8-17(16)25(12)13-3-6-14-15(11-13)22(30)26(21(14)29)18-9-10-19(27)24-20(18)28/h3,6,11-12,16-18,23H,2,4-5,7-10H2,1H3,(H,24,27,28)/t12-,16+,17-,18?/m0/s1. The summed E-state index contributed by atoms with van der Waals surface area (Å²) in [6.07, 6.45) is 4.82. The number of amides is 4. The van der Waals surface area contributed by atoms with Crippen molar-refractivity contribution in [3.8, 4) is 0 Å². The van der Waals surface area contributed by atoms with E-state index in [2.05, 4.69) is 22.5 Å². The molecule has 4 aliphatic heterocycles. The Morgan fingerprint density at radius 1 is 1.00 bits per heavy atom. The first-order valence-electron chi connectivity index (χ1n) is 10.9. The van der Waals surface area contributed by atoms with Crippen molar-refractivity contribution in [2.45, 2.75) is 69.6 Å². The molecular weight excluding hydrogens is 384 g/mol. The summed E-state index contributed by atoms with van der Waals surface area (Å²) in [4.78, 5) is 53.2. The quantitative estimate of drug-likeness (QED) is 0.724. The number of nitrogens with zero attached hydrogens (tertiary/aromatic N) is 2. The monoisotopic (exact) mass is 410 g/mol. The molecule has 4 amide bonds. The second-order valence-corrected chi connectivity index (χ2v) is 8.62. The van der Waals surface area contributed by atoms with Gasteiger partial charge in [0.25, 0.3) is 11.8 Å². The summed E-state index contributed by atoms with van der Waals surface area (Å²) in [5.74, 6) is -1.85. The van der Waals surface area contributed by atoms with Gasteiger partial charge in [-0.1, -0.05) is 6.92 Å². The predicted molar refractivity (Wildman–Crippen MR) is 109 cm³/mol. The number of hydrogen-bond acceptors (Lipinski definition) is 6. The number of anilines is 1. The van der Waals surface area contributed by atoms with E-state index in [9.17, 15) is 19.2 Å². The predicted octanol–water partition coefficient (Wildman–Crippen LogP) is 1.20. The summed E-state index contributed by atoms with van der Waals surface area (Å²) in [6, 6.07) is 5.81. The number of piperidine rings is 2. The largest absolute Gasteiger partial charge is 0.364 e. The molecule has 4 atom stereocenters. The number of fused-ring (bicyclic) bond motifs is 3. The molecule has 2 bridgehead atoms. The SMILES string of the molecule is CCN[C@@H]1CC[C@H]2CC[C@@H]1N2c1ccc2c(c1)C(=O)N(C1CCC(=O)NC1=O)C2=O. The van der Waals surface area contributed by atoms with Gasteiger partial charge >= 0.3 is 0 Å². The van der Waals surface area contributed by atoms with Crippen molar-refractivity contribution in [3.05, 3.63) is 29.3 Å². The Hall–Kier alpha value is -2.74. The van der Waals surface area contributed by atoms with E-state index in [4.69, 9.17) is 0 Å². The summed E-state index contributed by atoms with van der Waals surface area (Å²) in [6.45, 7) is 3.05. The number of likely N-dealkylation sites (N-methyl/N-ethyl adjacent to an activating group) is 1. The van der Waals surface area contributed by atoms with Gasteiger partial charge in [0.15, 0.2) is 0 Å². The van der Waals surface area contributed by atoms with Crippen LogP contribution in [0.2, 0.25) is 0 Å². The second kappa shape index (κ2) is 7.19. The Labute approximate surface area is 175 Å². The highest BCUT2D eigenvalue weighted by Gasteiger charge is 2.46. The molecule has 3 fully saturated rings. The Balaban J connectivity index is 1.44. The van der Waals surface area contributed by atoms with Crippen LogP contribution in [0.5, 0.6) is 0 Å². The second-order valence-electron chi connectivity index (χ2n) is 8.62. The molecule has 0 aliphatic carbocycles. The summed E-state index contributed by atoms with van der Waals surface area (Å²) in [5.41, 5.74) is 1.66. The zero-order valence-electron chi connectivity index (χ0n) is 17.0. The molecule has 0 saturated carbocycles. The molecule has 1 unspecified atom stereocenters. The lowest BCUT2D eigenvalue weighted by molar-refractivity contribution is -0.136. The Morgan fingerprint density at radius 2 is 1.77 bits per heavy atom. The zero-order valence-corrected chi connectivity index (χ0v) is 17.0. The number of carbonyl (C=O) groups excluding carboxylic acids is 4. The highest BCUT2D eigenvalue weighted by atomic mass is 16.2. The Morgan fingerprint density at radius 3 is 2.53 bits per heavy atom. The van der Waals surface area contributed by atoms with Crippen LogP contribution in [0, 0.1) is 0 Å². The van der Waals surface area contributed by atoms with Gasteiger partial charge in [-0.25, -0.2) is 0 Å². The van der Waals surface area contributed by atoms with Crippen molar-refractivity contribution in [2.24, 2.45) is 0 Å². The average molecular weight is 410 g/mol. The average Bonchev–Trinajstić information content (AvgIpc) is 3.17. The maximum Gasteiger partial charge on any atom is 0.262 e. The molecule has 2 N–H and O–H groups in total. The van der Waals surface area contributed by atoms with Gasteiger partial charge in [-0.05, 0) is 56.8 Å². The van der Waals surface area contributed by atoms with Crippen LogP contribution >= 0.6 is 0 Å². The van der Waals surface area contributed by atoms with Crippen molar-refractivity contribution in [1.82, 2.24) is 15.5 Å². The van der Waals surface area contributed by atoms with Crippen LogP contribution in [0.4, 0.5) is 5.69 Å².